The summed E-state index contributed by atoms with van der Waals surface area (Å²) in [7, 11) is 0. The molecule has 21 heavy (non-hydrogen) atoms. The number of hydrogen-bond donors (Lipinski definition) is 0. The molecule has 108 valence electrons. The number of fused-ring (bicyclic) bond motifs is 1. The number of aromatic nitrogens is 2. The second-order valence-electron chi connectivity index (χ2n) is 4.51. The van der Waals surface area contributed by atoms with Crippen molar-refractivity contribution in [2.75, 3.05) is 5.88 Å². The van der Waals surface area contributed by atoms with Crippen molar-refractivity contribution >= 4 is 61.8 Å². The third kappa shape index (κ3) is 2.80. The van der Waals surface area contributed by atoms with Crippen molar-refractivity contribution in [2.24, 2.45) is 0 Å². The summed E-state index contributed by atoms with van der Waals surface area (Å²) in [6, 6.07) is 11.5. The number of rotatable bonds is 3. The third-order valence-corrected chi connectivity index (χ3v) is 4.67. The summed E-state index contributed by atoms with van der Waals surface area (Å²) < 4.78 is 2.99. The molecule has 0 unspecified atom stereocenters. The van der Waals surface area contributed by atoms with Crippen LogP contribution in [0.25, 0.3) is 16.7 Å². The molecule has 0 aliphatic heterocycles. The maximum atomic E-state index is 6.37. The summed E-state index contributed by atoms with van der Waals surface area (Å²) in [6.07, 6.45) is 0.650. The van der Waals surface area contributed by atoms with E-state index < -0.39 is 0 Å². The van der Waals surface area contributed by atoms with E-state index in [1.807, 2.05) is 34.9 Å². The fourth-order valence-corrected chi connectivity index (χ4v) is 3.18. The van der Waals surface area contributed by atoms with Gasteiger partial charge in [0.25, 0.3) is 0 Å². The Kier molecular flexibility index (Phi) is 4.46. The Morgan fingerprint density at radius 1 is 1.14 bits per heavy atom. The molecule has 0 fully saturated rings. The lowest BCUT2D eigenvalue weighted by molar-refractivity contribution is 0.912. The van der Waals surface area contributed by atoms with E-state index in [-0.39, 0.29) is 0 Å². The normalized spacial score (nSPS) is 11.2. The van der Waals surface area contributed by atoms with Crippen LogP contribution in [0.1, 0.15) is 5.82 Å². The van der Waals surface area contributed by atoms with Gasteiger partial charge >= 0.3 is 0 Å². The van der Waals surface area contributed by atoms with Crippen molar-refractivity contribution in [2.45, 2.75) is 6.42 Å². The first-order valence-corrected chi connectivity index (χ1v) is 8.37. The average Bonchev–Trinajstić information content (AvgIpc) is 2.80. The van der Waals surface area contributed by atoms with Crippen molar-refractivity contribution in [1.82, 2.24) is 9.55 Å². The number of hydrogen-bond acceptors (Lipinski definition) is 1. The number of aryl methyl sites for hydroxylation is 1. The smallest absolute Gasteiger partial charge is 0.115 e. The largest absolute Gasteiger partial charge is 0.295 e. The summed E-state index contributed by atoms with van der Waals surface area (Å²) in [5, 5.41) is 1.03. The predicted molar refractivity (Wildman–Crippen MR) is 93.2 cm³/mol. The van der Waals surface area contributed by atoms with Crippen LogP contribution in [0, 0.1) is 0 Å². The monoisotopic (exact) mass is 402 g/mol. The zero-order valence-corrected chi connectivity index (χ0v) is 14.6. The highest BCUT2D eigenvalue weighted by atomic mass is 79.9. The van der Waals surface area contributed by atoms with Gasteiger partial charge in [0.1, 0.15) is 5.82 Å². The molecule has 0 spiro atoms. The van der Waals surface area contributed by atoms with Gasteiger partial charge in [-0.2, -0.15) is 0 Å². The van der Waals surface area contributed by atoms with E-state index in [4.69, 9.17) is 34.8 Å². The minimum Gasteiger partial charge on any atom is -0.295 e. The molecule has 0 radical (unpaired) electrons. The molecular weight excluding hydrogens is 394 g/mol. The second kappa shape index (κ2) is 6.17. The first kappa shape index (κ1) is 15.2. The van der Waals surface area contributed by atoms with Gasteiger partial charge in [0.2, 0.25) is 0 Å². The fourth-order valence-electron chi connectivity index (χ4n) is 2.28. The quantitative estimate of drug-likeness (QED) is 0.499. The van der Waals surface area contributed by atoms with Crippen LogP contribution in [0.2, 0.25) is 10.0 Å². The second-order valence-corrected chi connectivity index (χ2v) is 6.59. The fraction of sp³-hybridized carbons (Fsp3) is 0.133. The SMILES string of the molecule is ClCCc1nc2ccc(Br)cc2n1-c1cccc(Cl)c1Cl. The molecule has 6 heteroatoms. The molecule has 0 amide bonds. The minimum absolute atomic E-state index is 0.489. The molecule has 0 saturated heterocycles. The van der Waals surface area contributed by atoms with Crippen LogP contribution in [0.15, 0.2) is 40.9 Å². The molecule has 0 aliphatic carbocycles. The molecule has 3 aromatic rings. The summed E-state index contributed by atoms with van der Waals surface area (Å²) in [6.45, 7) is 0. The third-order valence-electron chi connectivity index (χ3n) is 3.18. The topological polar surface area (TPSA) is 17.8 Å². The van der Waals surface area contributed by atoms with E-state index in [1.165, 1.54) is 0 Å². The van der Waals surface area contributed by atoms with Crippen LogP contribution in [0.3, 0.4) is 0 Å². The van der Waals surface area contributed by atoms with Crippen molar-refractivity contribution in [1.29, 1.82) is 0 Å². The number of alkyl halides is 1. The Labute approximate surface area is 145 Å². The zero-order valence-electron chi connectivity index (χ0n) is 10.8. The van der Waals surface area contributed by atoms with Crippen LogP contribution < -0.4 is 0 Å². The van der Waals surface area contributed by atoms with Gasteiger partial charge < -0.3 is 0 Å². The van der Waals surface area contributed by atoms with Gasteiger partial charge in [0.15, 0.2) is 0 Å². The summed E-state index contributed by atoms with van der Waals surface area (Å²) >= 11 is 21.9. The maximum absolute atomic E-state index is 6.37. The van der Waals surface area contributed by atoms with Crippen LogP contribution in [0.4, 0.5) is 0 Å². The van der Waals surface area contributed by atoms with Crippen molar-refractivity contribution in [3.63, 3.8) is 0 Å². The average molecular weight is 405 g/mol. The van der Waals surface area contributed by atoms with Gasteiger partial charge in [-0.15, -0.1) is 11.6 Å². The molecule has 0 aliphatic rings. The van der Waals surface area contributed by atoms with E-state index in [1.54, 1.807) is 6.07 Å². The van der Waals surface area contributed by atoms with Crippen molar-refractivity contribution < 1.29 is 0 Å². The first-order chi connectivity index (χ1) is 10.1. The van der Waals surface area contributed by atoms with Gasteiger partial charge in [-0.05, 0) is 30.3 Å². The standard InChI is InChI=1S/C15H10BrCl3N2/c16-9-4-5-11-13(8-9)21(14(20-11)6-7-17)12-3-1-2-10(18)15(12)19/h1-5,8H,6-7H2. The van der Waals surface area contributed by atoms with Gasteiger partial charge in [-0.3, -0.25) is 4.57 Å². The Hall–Kier alpha value is -0.740. The van der Waals surface area contributed by atoms with Gasteiger partial charge in [0.05, 0.1) is 26.8 Å². The lowest BCUT2D eigenvalue weighted by Gasteiger charge is -2.11. The van der Waals surface area contributed by atoms with E-state index in [9.17, 15) is 0 Å². The molecule has 1 heterocycles. The number of nitrogens with zero attached hydrogens (tertiary/aromatic N) is 2. The molecule has 3 rings (SSSR count). The lowest BCUT2D eigenvalue weighted by atomic mass is 10.2. The van der Waals surface area contributed by atoms with Gasteiger partial charge in [0, 0.05) is 16.8 Å². The summed E-state index contributed by atoms with van der Waals surface area (Å²) in [5.41, 5.74) is 2.67. The number of halogens is 4. The molecule has 2 nitrogen and oxygen atoms in total. The summed E-state index contributed by atoms with van der Waals surface area (Å²) in [5.74, 6) is 1.35. The van der Waals surface area contributed by atoms with Crippen LogP contribution >= 0.6 is 50.7 Å². The maximum Gasteiger partial charge on any atom is 0.115 e. The van der Waals surface area contributed by atoms with Gasteiger partial charge in [-0.25, -0.2) is 4.98 Å². The van der Waals surface area contributed by atoms with Crippen LogP contribution in [0.5, 0.6) is 0 Å². The molecule has 1 aromatic heterocycles. The molecule has 0 N–H and O–H groups in total. The highest BCUT2D eigenvalue weighted by molar-refractivity contribution is 9.10. The van der Waals surface area contributed by atoms with E-state index in [2.05, 4.69) is 20.9 Å². The first-order valence-electron chi connectivity index (χ1n) is 6.29. The zero-order chi connectivity index (χ0) is 15.0. The van der Waals surface area contributed by atoms with E-state index in [0.717, 1.165) is 27.0 Å². The highest BCUT2D eigenvalue weighted by Crippen LogP contribution is 2.32. The van der Waals surface area contributed by atoms with Crippen molar-refractivity contribution in [3.8, 4) is 5.69 Å². The Balaban J connectivity index is 2.35. The lowest BCUT2D eigenvalue weighted by Crippen LogP contribution is -2.03. The predicted octanol–water partition coefficient (Wildman–Crippen LogP) is 5.88. The molecular formula is C15H10BrCl3N2. The van der Waals surface area contributed by atoms with Crippen LogP contribution in [-0.4, -0.2) is 15.4 Å². The molecule has 0 atom stereocenters. The minimum atomic E-state index is 0.489. The molecule has 2 aromatic carbocycles. The van der Waals surface area contributed by atoms with Crippen LogP contribution in [-0.2, 0) is 6.42 Å². The van der Waals surface area contributed by atoms with Crippen molar-refractivity contribution in [3.05, 3.63) is 56.7 Å². The Bertz CT molecular complexity index is 814. The molecule has 0 saturated carbocycles. The summed E-state index contributed by atoms with van der Waals surface area (Å²) in [4.78, 5) is 4.65. The Morgan fingerprint density at radius 2 is 1.95 bits per heavy atom. The Morgan fingerprint density at radius 3 is 2.71 bits per heavy atom. The molecule has 0 bridgehead atoms. The number of benzene rings is 2. The van der Waals surface area contributed by atoms with E-state index in [0.29, 0.717) is 22.3 Å². The van der Waals surface area contributed by atoms with E-state index >= 15 is 0 Å². The van der Waals surface area contributed by atoms with Gasteiger partial charge in [-0.1, -0.05) is 45.2 Å². The number of imidazole rings is 1. The highest BCUT2D eigenvalue weighted by Gasteiger charge is 2.15.